The third kappa shape index (κ3) is 5.22. The predicted octanol–water partition coefficient (Wildman–Crippen LogP) is 7.04. The van der Waals surface area contributed by atoms with Crippen molar-refractivity contribution in [2.75, 3.05) is 19.6 Å². The molecule has 5 rings (SSSR count). The van der Waals surface area contributed by atoms with E-state index in [1.165, 1.54) is 38.9 Å². The number of allylic oxidation sites excluding steroid dienone is 4. The number of benzene rings is 1. The number of piperidine rings is 1. The number of aromatic amines is 1. The molecule has 0 spiro atoms. The Hall–Kier alpha value is -3.05. The molecule has 1 aliphatic carbocycles. The Balaban J connectivity index is 1.37. The third-order valence-electron chi connectivity index (χ3n) is 7.68. The number of rotatable bonds is 6. The maximum Gasteiger partial charge on any atom is 0.111 e. The highest BCUT2D eigenvalue weighted by atomic mass is 15.1. The minimum absolute atomic E-state index is 0.220. The molecule has 2 aromatic rings. The molecule has 0 bridgehead atoms. The van der Waals surface area contributed by atoms with E-state index in [0.29, 0.717) is 11.8 Å². The summed E-state index contributed by atoms with van der Waals surface area (Å²) in [5, 5.41) is 9.59. The second kappa shape index (κ2) is 10.5. The maximum absolute atomic E-state index is 8.23. The first kappa shape index (κ1) is 24.6. The van der Waals surface area contributed by atoms with E-state index in [9.17, 15) is 0 Å². The zero-order valence-electron chi connectivity index (χ0n) is 22.1. The quantitative estimate of drug-likeness (QED) is 0.427. The van der Waals surface area contributed by atoms with Gasteiger partial charge in [0.05, 0.1) is 11.8 Å². The minimum atomic E-state index is 0.220. The topological polar surface area (TPSA) is 67.6 Å². The van der Waals surface area contributed by atoms with Gasteiger partial charge >= 0.3 is 0 Å². The molecule has 3 heterocycles. The standard InChI is InChI=1S/C31H39N5/c1-20(2)16-25(32)18-36-14-12-22(13-15-36)24-9-10-27-26(17-24)30(21(3)4)31(35-27)23-6-5-7-28-29(11-8-23)34-19-33-28/h6,8-11,16-17,19,21-22,28,32,35H,5,7,12-15,18H2,1-4H3/b11-8-,23-6+,32-25?. The van der Waals surface area contributed by atoms with Crippen molar-refractivity contribution in [2.45, 2.75) is 71.3 Å². The summed E-state index contributed by atoms with van der Waals surface area (Å²) in [5.41, 5.74) is 9.60. The van der Waals surface area contributed by atoms with Crippen molar-refractivity contribution in [3.63, 3.8) is 0 Å². The van der Waals surface area contributed by atoms with Gasteiger partial charge in [0.2, 0.25) is 0 Å². The summed E-state index contributed by atoms with van der Waals surface area (Å²) in [7, 11) is 0. The Morgan fingerprint density at radius 2 is 1.97 bits per heavy atom. The lowest BCUT2D eigenvalue weighted by atomic mass is 9.87. The summed E-state index contributed by atoms with van der Waals surface area (Å²) >= 11 is 0. The molecular formula is C31H39N5. The second-order valence-corrected chi connectivity index (χ2v) is 11.1. The van der Waals surface area contributed by atoms with Crippen LogP contribution in [0, 0.1) is 5.41 Å². The summed E-state index contributed by atoms with van der Waals surface area (Å²) in [5.74, 6) is 1.01. The number of H-pyrrole nitrogens is 1. The first-order valence-corrected chi connectivity index (χ1v) is 13.5. The molecular weight excluding hydrogens is 442 g/mol. The molecule has 1 atom stereocenters. The van der Waals surface area contributed by atoms with Crippen LogP contribution in [0.25, 0.3) is 16.5 Å². The van der Waals surface area contributed by atoms with Crippen LogP contribution < -0.4 is 0 Å². The molecule has 0 radical (unpaired) electrons. The Morgan fingerprint density at radius 1 is 1.17 bits per heavy atom. The summed E-state index contributed by atoms with van der Waals surface area (Å²) in [4.78, 5) is 15.2. The van der Waals surface area contributed by atoms with E-state index >= 15 is 0 Å². The molecule has 1 fully saturated rings. The lowest BCUT2D eigenvalue weighted by molar-refractivity contribution is 0.239. The first-order valence-electron chi connectivity index (χ1n) is 13.5. The normalized spacial score (nSPS) is 23.1. The molecule has 5 nitrogen and oxygen atoms in total. The van der Waals surface area contributed by atoms with Crippen LogP contribution >= 0.6 is 0 Å². The van der Waals surface area contributed by atoms with Crippen LogP contribution in [0.1, 0.15) is 82.0 Å². The van der Waals surface area contributed by atoms with E-state index in [-0.39, 0.29) is 6.04 Å². The monoisotopic (exact) mass is 481 g/mol. The van der Waals surface area contributed by atoms with Crippen LogP contribution in [0.15, 0.2) is 58.1 Å². The van der Waals surface area contributed by atoms with Crippen LogP contribution in [0.5, 0.6) is 0 Å². The highest BCUT2D eigenvalue weighted by Gasteiger charge is 2.24. The fourth-order valence-electron chi connectivity index (χ4n) is 5.92. The van der Waals surface area contributed by atoms with E-state index in [1.807, 2.05) is 6.08 Å². The average Bonchev–Trinajstić information content (AvgIpc) is 3.42. The first-order chi connectivity index (χ1) is 17.4. The summed E-state index contributed by atoms with van der Waals surface area (Å²) in [6.45, 7) is 11.6. The fourth-order valence-corrected chi connectivity index (χ4v) is 5.92. The minimum Gasteiger partial charge on any atom is -0.354 e. The zero-order valence-corrected chi connectivity index (χ0v) is 22.1. The van der Waals surface area contributed by atoms with Crippen molar-refractivity contribution in [1.29, 1.82) is 5.41 Å². The van der Waals surface area contributed by atoms with E-state index in [1.54, 1.807) is 6.34 Å². The maximum atomic E-state index is 8.23. The van der Waals surface area contributed by atoms with Gasteiger partial charge in [0.25, 0.3) is 0 Å². The fraction of sp³-hybridized carbons (Fsp3) is 0.452. The number of hydrogen-bond donors (Lipinski definition) is 2. The third-order valence-corrected chi connectivity index (χ3v) is 7.68. The number of aromatic nitrogens is 1. The molecule has 1 aromatic carbocycles. The van der Waals surface area contributed by atoms with Gasteiger partial charge in [-0.1, -0.05) is 37.6 Å². The second-order valence-electron chi connectivity index (χ2n) is 11.1. The highest BCUT2D eigenvalue weighted by Crippen LogP contribution is 2.37. The van der Waals surface area contributed by atoms with Crippen molar-refractivity contribution in [3.05, 3.63) is 64.9 Å². The number of aliphatic imine (C=N–C) groups is 2. The molecule has 5 heteroatoms. The average molecular weight is 482 g/mol. The van der Waals surface area contributed by atoms with Crippen LogP contribution in [0.3, 0.4) is 0 Å². The van der Waals surface area contributed by atoms with Gasteiger partial charge < -0.3 is 10.4 Å². The van der Waals surface area contributed by atoms with Crippen LogP contribution in [-0.4, -0.2) is 53.3 Å². The van der Waals surface area contributed by atoms with Crippen molar-refractivity contribution >= 4 is 34.2 Å². The smallest absolute Gasteiger partial charge is 0.111 e. The number of nitrogens with zero attached hydrogens (tertiary/aromatic N) is 3. The summed E-state index contributed by atoms with van der Waals surface area (Å²) < 4.78 is 0. The molecule has 3 aliphatic rings. The van der Waals surface area contributed by atoms with Gasteiger partial charge in [-0.25, -0.2) is 4.99 Å². The van der Waals surface area contributed by atoms with Gasteiger partial charge in [0, 0.05) is 28.9 Å². The Bertz CT molecular complexity index is 1290. The lowest BCUT2D eigenvalue weighted by Gasteiger charge is -2.32. The number of fused-ring (bicyclic) bond motifs is 2. The van der Waals surface area contributed by atoms with Crippen LogP contribution in [0.4, 0.5) is 0 Å². The molecule has 188 valence electrons. The van der Waals surface area contributed by atoms with Gasteiger partial charge in [0.15, 0.2) is 0 Å². The molecule has 1 unspecified atom stereocenters. The van der Waals surface area contributed by atoms with Crippen LogP contribution in [-0.2, 0) is 0 Å². The number of likely N-dealkylation sites (tertiary alicyclic amines) is 1. The Morgan fingerprint density at radius 3 is 2.72 bits per heavy atom. The van der Waals surface area contributed by atoms with E-state index in [4.69, 9.17) is 5.41 Å². The largest absolute Gasteiger partial charge is 0.354 e. The van der Waals surface area contributed by atoms with E-state index in [2.05, 4.69) is 84.0 Å². The van der Waals surface area contributed by atoms with Gasteiger partial charge in [0.1, 0.15) is 6.34 Å². The highest BCUT2D eigenvalue weighted by molar-refractivity contribution is 6.08. The Kier molecular flexibility index (Phi) is 7.20. The van der Waals surface area contributed by atoms with E-state index in [0.717, 1.165) is 56.7 Å². The molecule has 2 N–H and O–H groups in total. The van der Waals surface area contributed by atoms with Crippen LogP contribution in [0.2, 0.25) is 0 Å². The van der Waals surface area contributed by atoms with Gasteiger partial charge in [-0.3, -0.25) is 9.89 Å². The molecule has 1 saturated heterocycles. The van der Waals surface area contributed by atoms with Gasteiger partial charge in [-0.15, -0.1) is 0 Å². The molecule has 36 heavy (non-hydrogen) atoms. The molecule has 0 saturated carbocycles. The van der Waals surface area contributed by atoms with Gasteiger partial charge in [-0.05, 0) is 105 Å². The predicted molar refractivity (Wildman–Crippen MR) is 154 cm³/mol. The summed E-state index contributed by atoms with van der Waals surface area (Å²) in [6, 6.07) is 7.29. The summed E-state index contributed by atoms with van der Waals surface area (Å²) in [6.07, 6.45) is 14.7. The van der Waals surface area contributed by atoms with E-state index < -0.39 is 0 Å². The Labute approximate surface area is 215 Å². The molecule has 1 aromatic heterocycles. The zero-order chi connectivity index (χ0) is 25.2. The SMILES string of the molecule is CC(C)=CC(=N)CN1CCC(c2ccc3[nH]c(C4=C/CCC5N=CN=C5/C=C\4)c(C(C)C)c3c2)CC1. The number of nitrogens with one attached hydrogen (secondary N) is 2. The van der Waals surface area contributed by atoms with Crippen molar-refractivity contribution < 1.29 is 0 Å². The van der Waals surface area contributed by atoms with Crippen molar-refractivity contribution in [3.8, 4) is 0 Å². The van der Waals surface area contributed by atoms with Crippen molar-refractivity contribution in [2.24, 2.45) is 9.98 Å². The van der Waals surface area contributed by atoms with Crippen molar-refractivity contribution in [1.82, 2.24) is 9.88 Å². The number of hydrogen-bond acceptors (Lipinski definition) is 4. The van der Waals surface area contributed by atoms with Gasteiger partial charge in [-0.2, -0.15) is 0 Å². The molecule has 0 amide bonds. The molecule has 2 aliphatic heterocycles. The lowest BCUT2D eigenvalue weighted by Crippen LogP contribution is -2.36.